The lowest BCUT2D eigenvalue weighted by Crippen LogP contribution is -2.37. The molecule has 1 aromatic rings. The third-order valence-electron chi connectivity index (χ3n) is 3.27. The van der Waals surface area contributed by atoms with E-state index >= 15 is 0 Å². The molecule has 0 radical (unpaired) electrons. The quantitative estimate of drug-likeness (QED) is 0.684. The molecule has 0 aliphatic heterocycles. The van der Waals surface area contributed by atoms with Gasteiger partial charge in [0.15, 0.2) is 0 Å². The molecule has 0 spiro atoms. The van der Waals surface area contributed by atoms with Crippen molar-refractivity contribution in [1.29, 1.82) is 0 Å². The van der Waals surface area contributed by atoms with Gasteiger partial charge < -0.3 is 10.5 Å². The molecule has 1 aliphatic rings. The van der Waals surface area contributed by atoms with Crippen LogP contribution in [0.4, 0.5) is 5.69 Å². The summed E-state index contributed by atoms with van der Waals surface area (Å²) in [6, 6.07) is 3.20. The predicted octanol–water partition coefficient (Wildman–Crippen LogP) is 2.78. The fraction of sp³-hybridized carbons (Fsp3) is 0.500. The highest BCUT2D eigenvalue weighted by atomic mass is 79.9. The van der Waals surface area contributed by atoms with Crippen LogP contribution >= 0.6 is 15.9 Å². The van der Waals surface area contributed by atoms with Gasteiger partial charge in [0.1, 0.15) is 5.75 Å². The molecule has 5 nitrogen and oxygen atoms in total. The summed E-state index contributed by atoms with van der Waals surface area (Å²) in [4.78, 5) is 10.4. The number of hydrogen-bond acceptors (Lipinski definition) is 4. The summed E-state index contributed by atoms with van der Waals surface area (Å²) in [7, 11) is 0. The van der Waals surface area contributed by atoms with Crippen molar-refractivity contribution in [1.82, 2.24) is 0 Å². The first-order valence-corrected chi connectivity index (χ1v) is 6.61. The molecular formula is C12H15BrN2O3. The van der Waals surface area contributed by atoms with Crippen LogP contribution in [0.15, 0.2) is 16.6 Å². The second-order valence-electron chi connectivity index (χ2n) is 4.64. The maximum absolute atomic E-state index is 10.8. The number of nitro groups is 1. The number of nitrogens with two attached hydrogens (primary N) is 1. The summed E-state index contributed by atoms with van der Waals surface area (Å²) >= 11 is 3.31. The second kappa shape index (κ2) is 5.24. The van der Waals surface area contributed by atoms with Gasteiger partial charge in [0.2, 0.25) is 0 Å². The molecule has 0 amide bonds. The number of benzene rings is 1. The van der Waals surface area contributed by atoms with E-state index in [4.69, 9.17) is 10.5 Å². The molecule has 0 atom stereocenters. The van der Waals surface area contributed by atoms with E-state index in [0.29, 0.717) is 28.2 Å². The molecule has 0 heterocycles. The third-order valence-corrected chi connectivity index (χ3v) is 3.89. The van der Waals surface area contributed by atoms with Gasteiger partial charge in [0.05, 0.1) is 15.5 Å². The Bertz CT molecular complexity index is 473. The van der Waals surface area contributed by atoms with Crippen molar-refractivity contribution in [3.8, 4) is 5.75 Å². The fourth-order valence-corrected chi connectivity index (χ4v) is 2.50. The SMILES string of the molecule is Cc1cc(OC2CC(CN)C2)c(Br)cc1[N+](=O)[O-]. The van der Waals surface area contributed by atoms with Gasteiger partial charge in [-0.25, -0.2) is 0 Å². The Morgan fingerprint density at radius 1 is 1.56 bits per heavy atom. The van der Waals surface area contributed by atoms with E-state index in [0.717, 1.165) is 12.8 Å². The maximum Gasteiger partial charge on any atom is 0.273 e. The highest BCUT2D eigenvalue weighted by Crippen LogP contribution is 2.36. The zero-order valence-electron chi connectivity index (χ0n) is 10.1. The molecule has 2 N–H and O–H groups in total. The molecule has 1 saturated carbocycles. The van der Waals surface area contributed by atoms with Gasteiger partial charge in [0, 0.05) is 11.6 Å². The molecule has 1 aliphatic carbocycles. The summed E-state index contributed by atoms with van der Waals surface area (Å²) in [6.45, 7) is 2.40. The van der Waals surface area contributed by atoms with Crippen LogP contribution in [0.1, 0.15) is 18.4 Å². The van der Waals surface area contributed by atoms with E-state index in [1.807, 2.05) is 0 Å². The highest BCUT2D eigenvalue weighted by molar-refractivity contribution is 9.10. The Morgan fingerprint density at radius 2 is 2.22 bits per heavy atom. The Balaban J connectivity index is 2.10. The molecule has 98 valence electrons. The van der Waals surface area contributed by atoms with E-state index in [-0.39, 0.29) is 11.8 Å². The van der Waals surface area contributed by atoms with Gasteiger partial charge >= 0.3 is 0 Å². The van der Waals surface area contributed by atoms with E-state index < -0.39 is 4.92 Å². The van der Waals surface area contributed by atoms with Crippen LogP contribution in [-0.2, 0) is 0 Å². The lowest BCUT2D eigenvalue weighted by molar-refractivity contribution is -0.385. The van der Waals surface area contributed by atoms with Crippen molar-refractivity contribution in [2.45, 2.75) is 25.9 Å². The lowest BCUT2D eigenvalue weighted by atomic mass is 9.82. The van der Waals surface area contributed by atoms with Crippen LogP contribution in [0.3, 0.4) is 0 Å². The highest BCUT2D eigenvalue weighted by Gasteiger charge is 2.30. The van der Waals surface area contributed by atoms with E-state index in [9.17, 15) is 10.1 Å². The zero-order valence-corrected chi connectivity index (χ0v) is 11.6. The Morgan fingerprint density at radius 3 is 2.78 bits per heavy atom. The fourth-order valence-electron chi connectivity index (χ4n) is 2.07. The zero-order chi connectivity index (χ0) is 13.3. The Labute approximate surface area is 114 Å². The summed E-state index contributed by atoms with van der Waals surface area (Å²) in [5, 5.41) is 10.8. The van der Waals surface area contributed by atoms with Crippen molar-refractivity contribution in [3.05, 3.63) is 32.3 Å². The number of ether oxygens (including phenoxy) is 1. The van der Waals surface area contributed by atoms with Crippen molar-refractivity contribution < 1.29 is 9.66 Å². The Hall–Kier alpha value is -1.14. The van der Waals surface area contributed by atoms with Gasteiger partial charge in [-0.1, -0.05) is 0 Å². The first-order valence-electron chi connectivity index (χ1n) is 5.82. The monoisotopic (exact) mass is 314 g/mol. The predicted molar refractivity (Wildman–Crippen MR) is 71.7 cm³/mol. The summed E-state index contributed by atoms with van der Waals surface area (Å²) in [5.41, 5.74) is 6.26. The summed E-state index contributed by atoms with van der Waals surface area (Å²) < 4.78 is 6.42. The van der Waals surface area contributed by atoms with Crippen LogP contribution in [0.2, 0.25) is 0 Å². The molecule has 18 heavy (non-hydrogen) atoms. The summed E-state index contributed by atoms with van der Waals surface area (Å²) in [6.07, 6.45) is 2.09. The lowest BCUT2D eigenvalue weighted by Gasteiger charge is -2.34. The average Bonchev–Trinajstić information content (AvgIpc) is 2.26. The number of nitrogens with zero attached hydrogens (tertiary/aromatic N) is 1. The van der Waals surface area contributed by atoms with Crippen molar-refractivity contribution in [2.24, 2.45) is 11.7 Å². The van der Waals surface area contributed by atoms with Gasteiger partial charge in [-0.05, 0) is 54.2 Å². The van der Waals surface area contributed by atoms with E-state index in [1.54, 1.807) is 13.0 Å². The number of aryl methyl sites for hydroxylation is 1. The molecule has 0 unspecified atom stereocenters. The standard InChI is InChI=1S/C12H15BrN2O3/c1-7-2-12(10(13)5-11(7)15(16)17)18-9-3-8(4-9)6-14/h2,5,8-9H,3-4,6,14H2,1H3. The molecule has 1 aromatic carbocycles. The van der Waals surface area contributed by atoms with Crippen molar-refractivity contribution >= 4 is 21.6 Å². The maximum atomic E-state index is 10.8. The summed E-state index contributed by atoms with van der Waals surface area (Å²) in [5.74, 6) is 1.21. The largest absolute Gasteiger partial charge is 0.489 e. The van der Waals surface area contributed by atoms with Crippen molar-refractivity contribution in [3.63, 3.8) is 0 Å². The normalized spacial score (nSPS) is 22.4. The van der Waals surface area contributed by atoms with E-state index in [1.165, 1.54) is 6.07 Å². The molecule has 2 rings (SSSR count). The van der Waals surface area contributed by atoms with Crippen LogP contribution in [0.5, 0.6) is 5.75 Å². The van der Waals surface area contributed by atoms with Gasteiger partial charge in [-0.3, -0.25) is 10.1 Å². The molecule has 6 heteroatoms. The van der Waals surface area contributed by atoms with E-state index in [2.05, 4.69) is 15.9 Å². The van der Waals surface area contributed by atoms with Crippen LogP contribution in [-0.4, -0.2) is 17.6 Å². The minimum Gasteiger partial charge on any atom is -0.489 e. The topological polar surface area (TPSA) is 78.4 Å². The minimum atomic E-state index is -0.391. The molecule has 0 bridgehead atoms. The first-order chi connectivity index (χ1) is 8.51. The smallest absolute Gasteiger partial charge is 0.273 e. The Kier molecular flexibility index (Phi) is 3.87. The van der Waals surface area contributed by atoms with Crippen LogP contribution in [0.25, 0.3) is 0 Å². The molecular weight excluding hydrogens is 300 g/mol. The van der Waals surface area contributed by atoms with Crippen molar-refractivity contribution in [2.75, 3.05) is 6.54 Å². The van der Waals surface area contributed by atoms with Gasteiger partial charge in [-0.15, -0.1) is 0 Å². The molecule has 1 fully saturated rings. The number of nitro benzene ring substituents is 1. The third kappa shape index (κ3) is 2.64. The first kappa shape index (κ1) is 13.3. The molecule has 0 saturated heterocycles. The van der Waals surface area contributed by atoms with Gasteiger partial charge in [0.25, 0.3) is 5.69 Å². The average molecular weight is 315 g/mol. The van der Waals surface area contributed by atoms with Gasteiger partial charge in [-0.2, -0.15) is 0 Å². The molecule has 0 aromatic heterocycles. The second-order valence-corrected chi connectivity index (χ2v) is 5.49. The number of halogens is 1. The minimum absolute atomic E-state index is 0.0997. The number of hydrogen-bond donors (Lipinski definition) is 1. The van der Waals surface area contributed by atoms with Crippen LogP contribution < -0.4 is 10.5 Å². The number of rotatable bonds is 4. The van der Waals surface area contributed by atoms with Crippen LogP contribution in [0, 0.1) is 23.0 Å².